The van der Waals surface area contributed by atoms with Gasteiger partial charge in [-0.05, 0) is 12.0 Å². The van der Waals surface area contributed by atoms with Crippen LogP contribution in [-0.2, 0) is 11.3 Å². The molecule has 1 aromatic carbocycles. The molecule has 0 saturated carbocycles. The number of hydrogen-bond donors (Lipinski definition) is 2. The van der Waals surface area contributed by atoms with E-state index in [9.17, 15) is 10.2 Å². The van der Waals surface area contributed by atoms with Gasteiger partial charge in [-0.25, -0.2) is 0 Å². The van der Waals surface area contributed by atoms with Crippen molar-refractivity contribution in [2.45, 2.75) is 45.3 Å². The molecular weight excluding hydrogens is 264 g/mol. The number of aliphatic hydroxyl groups is 2. The highest BCUT2D eigenvalue weighted by atomic mass is 16.5. The number of aliphatic hydroxyl groups excluding tert-OH is 2. The van der Waals surface area contributed by atoms with Crippen LogP contribution in [0.1, 0.15) is 38.2 Å². The molecule has 0 fully saturated rings. The first kappa shape index (κ1) is 17.7. The molecule has 0 spiro atoms. The summed E-state index contributed by atoms with van der Waals surface area (Å²) in [7, 11) is 0. The topological polar surface area (TPSA) is 49.7 Å². The molecule has 0 bridgehead atoms. The molecule has 3 heteroatoms. The van der Waals surface area contributed by atoms with Crippen molar-refractivity contribution in [3.05, 3.63) is 35.9 Å². The summed E-state index contributed by atoms with van der Waals surface area (Å²) in [5.74, 6) is 5.55. The molecule has 3 nitrogen and oxygen atoms in total. The summed E-state index contributed by atoms with van der Waals surface area (Å²) in [4.78, 5) is 0. The van der Waals surface area contributed by atoms with Gasteiger partial charge in [0.05, 0.1) is 31.8 Å². The number of benzene rings is 1. The van der Waals surface area contributed by atoms with Crippen LogP contribution in [0, 0.1) is 17.8 Å². The molecule has 116 valence electrons. The van der Waals surface area contributed by atoms with E-state index in [1.807, 2.05) is 30.3 Å². The number of hydrogen-bond acceptors (Lipinski definition) is 3. The second-order valence-corrected chi connectivity index (χ2v) is 5.14. The predicted molar refractivity (Wildman–Crippen MR) is 84.6 cm³/mol. The second-order valence-electron chi connectivity index (χ2n) is 5.14. The van der Waals surface area contributed by atoms with E-state index in [1.54, 1.807) is 0 Å². The molecule has 0 amide bonds. The van der Waals surface area contributed by atoms with E-state index in [-0.39, 0.29) is 13.2 Å². The van der Waals surface area contributed by atoms with Crippen molar-refractivity contribution in [2.24, 2.45) is 5.92 Å². The Morgan fingerprint density at radius 2 is 1.95 bits per heavy atom. The van der Waals surface area contributed by atoms with E-state index in [4.69, 9.17) is 4.74 Å². The van der Waals surface area contributed by atoms with Crippen molar-refractivity contribution >= 4 is 0 Å². The van der Waals surface area contributed by atoms with Crippen LogP contribution < -0.4 is 0 Å². The molecule has 0 radical (unpaired) electrons. The Bertz CT molecular complexity index is 419. The molecule has 0 aliphatic carbocycles. The monoisotopic (exact) mass is 290 g/mol. The van der Waals surface area contributed by atoms with Gasteiger partial charge in [0.25, 0.3) is 0 Å². The third-order valence-electron chi connectivity index (χ3n) is 3.25. The minimum atomic E-state index is -0.752. The minimum Gasteiger partial charge on any atom is -0.395 e. The Balaban J connectivity index is 2.28. The summed E-state index contributed by atoms with van der Waals surface area (Å²) in [5, 5.41) is 19.3. The zero-order valence-electron chi connectivity index (χ0n) is 12.8. The molecule has 1 aromatic rings. The normalized spacial score (nSPS) is 13.3. The van der Waals surface area contributed by atoms with Crippen LogP contribution in [0.2, 0.25) is 0 Å². The van der Waals surface area contributed by atoms with Crippen molar-refractivity contribution in [2.75, 3.05) is 13.2 Å². The largest absolute Gasteiger partial charge is 0.395 e. The van der Waals surface area contributed by atoms with E-state index in [0.29, 0.717) is 6.61 Å². The van der Waals surface area contributed by atoms with Crippen molar-refractivity contribution in [3.8, 4) is 11.8 Å². The van der Waals surface area contributed by atoms with E-state index < -0.39 is 12.0 Å². The standard InChI is InChI=1S/C18H26O3/c1-2-3-4-5-9-12-17(13-19)18(20)15-21-14-16-10-7-6-8-11-16/h6-8,10-11,17-20H,2-5,13-15H2,1H3/t17-,18-/m0/s1. The Labute approximate surface area is 128 Å². The van der Waals surface area contributed by atoms with Crippen LogP contribution in [0.15, 0.2) is 30.3 Å². The first-order valence-electron chi connectivity index (χ1n) is 7.67. The molecule has 0 heterocycles. The zero-order valence-corrected chi connectivity index (χ0v) is 12.8. The van der Waals surface area contributed by atoms with Crippen LogP contribution in [0.4, 0.5) is 0 Å². The quantitative estimate of drug-likeness (QED) is 0.543. The minimum absolute atomic E-state index is 0.142. The molecule has 0 aliphatic heterocycles. The smallest absolute Gasteiger partial charge is 0.0933 e. The Morgan fingerprint density at radius 3 is 2.62 bits per heavy atom. The second kappa shape index (κ2) is 11.3. The van der Waals surface area contributed by atoms with Gasteiger partial charge >= 0.3 is 0 Å². The van der Waals surface area contributed by atoms with Crippen molar-refractivity contribution in [1.82, 2.24) is 0 Å². The SMILES string of the molecule is CCCCCC#C[C@@H](CO)[C@@H](O)COCc1ccccc1. The molecule has 1 rings (SSSR count). The van der Waals surface area contributed by atoms with Gasteiger partial charge in [0.2, 0.25) is 0 Å². The van der Waals surface area contributed by atoms with Gasteiger partial charge in [-0.3, -0.25) is 0 Å². The average Bonchev–Trinajstić information content (AvgIpc) is 2.52. The Morgan fingerprint density at radius 1 is 1.19 bits per heavy atom. The maximum atomic E-state index is 10.0. The van der Waals surface area contributed by atoms with Crippen molar-refractivity contribution in [3.63, 3.8) is 0 Å². The van der Waals surface area contributed by atoms with Gasteiger partial charge in [-0.2, -0.15) is 0 Å². The summed E-state index contributed by atoms with van der Waals surface area (Å²) in [6, 6.07) is 9.81. The van der Waals surface area contributed by atoms with Crippen LogP contribution in [0.25, 0.3) is 0 Å². The number of unbranched alkanes of at least 4 members (excludes halogenated alkanes) is 3. The maximum Gasteiger partial charge on any atom is 0.0933 e. The van der Waals surface area contributed by atoms with Crippen LogP contribution in [0.5, 0.6) is 0 Å². The zero-order chi connectivity index (χ0) is 15.3. The summed E-state index contributed by atoms with van der Waals surface area (Å²) in [6.45, 7) is 2.65. The van der Waals surface area contributed by atoms with Gasteiger partial charge in [-0.1, -0.05) is 56.0 Å². The molecule has 2 N–H and O–H groups in total. The lowest BCUT2D eigenvalue weighted by Gasteiger charge is -2.16. The summed E-state index contributed by atoms with van der Waals surface area (Å²) in [6.07, 6.45) is 3.48. The predicted octanol–water partition coefficient (Wildman–Crippen LogP) is 2.76. The van der Waals surface area contributed by atoms with Gasteiger partial charge in [0, 0.05) is 6.42 Å². The van der Waals surface area contributed by atoms with Crippen LogP contribution >= 0.6 is 0 Å². The lowest BCUT2D eigenvalue weighted by molar-refractivity contribution is -0.00111. The van der Waals surface area contributed by atoms with E-state index in [0.717, 1.165) is 18.4 Å². The fourth-order valence-electron chi connectivity index (χ4n) is 1.92. The van der Waals surface area contributed by atoms with Crippen LogP contribution in [0.3, 0.4) is 0 Å². The van der Waals surface area contributed by atoms with Gasteiger partial charge in [0.15, 0.2) is 0 Å². The highest BCUT2D eigenvalue weighted by molar-refractivity contribution is 5.13. The first-order chi connectivity index (χ1) is 10.3. The fraction of sp³-hybridized carbons (Fsp3) is 0.556. The highest BCUT2D eigenvalue weighted by Gasteiger charge is 2.16. The molecule has 0 saturated heterocycles. The Kier molecular flexibility index (Phi) is 9.56. The lowest BCUT2D eigenvalue weighted by atomic mass is 10.0. The highest BCUT2D eigenvalue weighted by Crippen LogP contribution is 2.06. The fourth-order valence-corrected chi connectivity index (χ4v) is 1.92. The lowest BCUT2D eigenvalue weighted by Crippen LogP contribution is -2.27. The summed E-state index contributed by atoms with van der Waals surface area (Å²) in [5.41, 5.74) is 1.07. The van der Waals surface area contributed by atoms with E-state index in [1.165, 1.54) is 12.8 Å². The maximum absolute atomic E-state index is 10.0. The van der Waals surface area contributed by atoms with Crippen LogP contribution in [-0.4, -0.2) is 29.5 Å². The molecule has 0 unspecified atom stereocenters. The molecule has 2 atom stereocenters. The average molecular weight is 290 g/mol. The first-order valence-corrected chi connectivity index (χ1v) is 7.67. The third-order valence-corrected chi connectivity index (χ3v) is 3.25. The van der Waals surface area contributed by atoms with Gasteiger partial charge in [0.1, 0.15) is 0 Å². The molecule has 21 heavy (non-hydrogen) atoms. The van der Waals surface area contributed by atoms with Gasteiger partial charge < -0.3 is 14.9 Å². The molecular formula is C18H26O3. The van der Waals surface area contributed by atoms with Crippen molar-refractivity contribution < 1.29 is 14.9 Å². The third kappa shape index (κ3) is 7.87. The molecule has 0 aliphatic rings. The summed E-state index contributed by atoms with van der Waals surface area (Å²) < 4.78 is 5.48. The number of rotatable bonds is 9. The number of ether oxygens (including phenoxy) is 1. The van der Waals surface area contributed by atoms with E-state index in [2.05, 4.69) is 18.8 Å². The summed E-state index contributed by atoms with van der Waals surface area (Å²) >= 11 is 0. The van der Waals surface area contributed by atoms with Gasteiger partial charge in [-0.15, -0.1) is 5.92 Å². The molecule has 0 aromatic heterocycles. The van der Waals surface area contributed by atoms with E-state index >= 15 is 0 Å². The van der Waals surface area contributed by atoms with Crippen molar-refractivity contribution in [1.29, 1.82) is 0 Å². The Hall–Kier alpha value is -1.34.